The van der Waals surface area contributed by atoms with E-state index in [9.17, 15) is 23.2 Å². The lowest BCUT2D eigenvalue weighted by atomic mass is 9.87. The van der Waals surface area contributed by atoms with E-state index in [1.165, 1.54) is 30.2 Å². The van der Waals surface area contributed by atoms with Crippen molar-refractivity contribution < 1.29 is 50.5 Å². The molecule has 3 aromatic rings. The molecule has 0 aliphatic carbocycles. The third-order valence-electron chi connectivity index (χ3n) is 7.51. The minimum atomic E-state index is -3.06. The Hall–Kier alpha value is -4.79. The van der Waals surface area contributed by atoms with E-state index in [2.05, 4.69) is 15.0 Å². The number of rotatable bonds is 9. The molecule has 10 nitrogen and oxygen atoms in total. The molecule has 45 heavy (non-hydrogen) atoms. The van der Waals surface area contributed by atoms with Gasteiger partial charge in [-0.15, -0.1) is 0 Å². The van der Waals surface area contributed by atoms with Crippen LogP contribution >= 0.6 is 0 Å². The summed E-state index contributed by atoms with van der Waals surface area (Å²) in [5.41, 5.74) is -0.449. The molecule has 0 radical (unpaired) electrons. The number of carbonyl (C=O) groups excluding carboxylic acids is 3. The fraction of sp³-hybridized carbons (Fsp3) is 0.333. The second kappa shape index (κ2) is 13.1. The van der Waals surface area contributed by atoms with E-state index in [1.807, 2.05) is 0 Å². The Balaban J connectivity index is 1.46. The van der Waals surface area contributed by atoms with Crippen LogP contribution in [0.4, 0.5) is 33.6 Å². The third-order valence-corrected chi connectivity index (χ3v) is 7.51. The number of amides is 3. The van der Waals surface area contributed by atoms with Gasteiger partial charge in [0.25, 0.3) is 11.8 Å². The van der Waals surface area contributed by atoms with Crippen molar-refractivity contribution in [2.24, 2.45) is 5.92 Å². The number of halogens is 5. The van der Waals surface area contributed by atoms with Crippen LogP contribution in [0.2, 0.25) is 0 Å². The van der Waals surface area contributed by atoms with E-state index < -0.39 is 78.1 Å². The van der Waals surface area contributed by atoms with Crippen molar-refractivity contribution in [2.45, 2.75) is 25.6 Å². The van der Waals surface area contributed by atoms with Crippen molar-refractivity contribution >= 4 is 29.4 Å². The summed E-state index contributed by atoms with van der Waals surface area (Å²) in [6.45, 7) is -2.27. The van der Waals surface area contributed by atoms with Gasteiger partial charge in [0.05, 0.1) is 25.7 Å². The van der Waals surface area contributed by atoms with Crippen LogP contribution in [0.5, 0.6) is 11.5 Å². The topological polar surface area (TPSA) is 110 Å². The van der Waals surface area contributed by atoms with Crippen molar-refractivity contribution in [2.75, 3.05) is 43.2 Å². The molecule has 2 unspecified atom stereocenters. The van der Waals surface area contributed by atoms with Crippen molar-refractivity contribution in [1.29, 1.82) is 0 Å². The van der Waals surface area contributed by atoms with E-state index in [-0.39, 0.29) is 42.1 Å². The van der Waals surface area contributed by atoms with Gasteiger partial charge >= 0.3 is 6.61 Å². The molecular weight excluding hydrogens is 607 g/mol. The minimum absolute atomic E-state index is 0.0297. The van der Waals surface area contributed by atoms with Crippen LogP contribution in [-0.4, -0.2) is 68.8 Å². The molecule has 2 saturated heterocycles. The average Bonchev–Trinajstić information content (AvgIpc) is 3.32. The van der Waals surface area contributed by atoms with Crippen molar-refractivity contribution in [3.8, 4) is 11.5 Å². The van der Waals surface area contributed by atoms with Crippen LogP contribution in [0, 0.1) is 23.4 Å². The van der Waals surface area contributed by atoms with E-state index >= 15 is 13.2 Å². The van der Waals surface area contributed by atoms with E-state index in [1.54, 1.807) is 6.92 Å². The van der Waals surface area contributed by atoms with Crippen LogP contribution in [0.15, 0.2) is 48.5 Å². The maximum atomic E-state index is 15.3. The van der Waals surface area contributed by atoms with Gasteiger partial charge in [-0.1, -0.05) is 0 Å². The molecule has 3 atom stereocenters. The Kier molecular flexibility index (Phi) is 9.18. The quantitative estimate of drug-likeness (QED) is 0.354. The van der Waals surface area contributed by atoms with Crippen LogP contribution in [0.25, 0.3) is 0 Å². The molecule has 0 spiro atoms. The number of hydrogen-bond acceptors (Lipinski definition) is 7. The monoisotopic (exact) mass is 634 g/mol. The average molecular weight is 635 g/mol. The lowest BCUT2D eigenvalue weighted by molar-refractivity contribution is -0.128. The summed E-state index contributed by atoms with van der Waals surface area (Å²) in [5, 5.41) is 2.53. The first-order valence-corrected chi connectivity index (χ1v) is 13.7. The minimum Gasteiger partial charge on any atom is -0.497 e. The molecule has 2 aliphatic heterocycles. The number of pyridine rings is 1. The maximum Gasteiger partial charge on any atom is 0.387 e. The molecule has 2 aromatic carbocycles. The lowest BCUT2D eigenvalue weighted by Crippen LogP contribution is -2.46. The first kappa shape index (κ1) is 31.6. The number of nitrogens with zero attached hydrogens (tertiary/aromatic N) is 3. The highest BCUT2D eigenvalue weighted by Crippen LogP contribution is 2.40. The highest BCUT2D eigenvalue weighted by atomic mass is 19.3. The lowest BCUT2D eigenvalue weighted by Gasteiger charge is -2.30. The summed E-state index contributed by atoms with van der Waals surface area (Å²) in [6.07, 6.45) is -0.335. The first-order chi connectivity index (χ1) is 21.5. The second-order valence-electron chi connectivity index (χ2n) is 10.4. The summed E-state index contributed by atoms with van der Waals surface area (Å²) < 4.78 is 85.2. The maximum absolute atomic E-state index is 15.3. The molecule has 5 rings (SSSR count). The number of aromatic nitrogens is 1. The van der Waals surface area contributed by atoms with Crippen LogP contribution in [0.1, 0.15) is 28.8 Å². The molecule has 1 N–H and O–H groups in total. The van der Waals surface area contributed by atoms with E-state index in [0.717, 1.165) is 35.2 Å². The Morgan fingerprint density at radius 2 is 1.69 bits per heavy atom. The smallest absolute Gasteiger partial charge is 0.387 e. The zero-order chi connectivity index (χ0) is 32.4. The molecule has 1 aromatic heterocycles. The van der Waals surface area contributed by atoms with E-state index in [0.29, 0.717) is 0 Å². The standard InChI is InChI=1S/C30H27F5N4O6/c1-15-12-38(25(40)14-44-15)24-8-7-21(31)27(37-24)39-13-20(26-22(32)9-18(43-2)10-23(26)33)19(29(39)42)11-36-28(41)16-3-5-17(6-4-16)45-30(34)35/h3-10,15,19-20,30H,11-14H2,1-2H3,(H,36,41)/t15?,19?,20-/m1/s1. The van der Waals surface area contributed by atoms with Crippen molar-refractivity contribution in [3.63, 3.8) is 0 Å². The molecule has 3 amide bonds. The van der Waals surface area contributed by atoms with Gasteiger partial charge in [0.1, 0.15) is 35.6 Å². The van der Waals surface area contributed by atoms with Gasteiger partial charge in [-0.05, 0) is 43.3 Å². The summed E-state index contributed by atoms with van der Waals surface area (Å²) in [4.78, 5) is 45.6. The largest absolute Gasteiger partial charge is 0.497 e. The van der Waals surface area contributed by atoms with Gasteiger partial charge in [-0.25, -0.2) is 18.2 Å². The van der Waals surface area contributed by atoms with Gasteiger partial charge in [0.2, 0.25) is 5.91 Å². The van der Waals surface area contributed by atoms with Gasteiger partial charge in [-0.3, -0.25) is 24.2 Å². The third kappa shape index (κ3) is 6.67. The predicted octanol–water partition coefficient (Wildman–Crippen LogP) is 4.04. The zero-order valence-corrected chi connectivity index (χ0v) is 23.9. The Morgan fingerprint density at radius 3 is 2.33 bits per heavy atom. The zero-order valence-electron chi connectivity index (χ0n) is 23.9. The van der Waals surface area contributed by atoms with E-state index in [4.69, 9.17) is 9.47 Å². The van der Waals surface area contributed by atoms with Crippen molar-refractivity contribution in [1.82, 2.24) is 10.3 Å². The number of methoxy groups -OCH3 is 1. The first-order valence-electron chi connectivity index (χ1n) is 13.7. The fourth-order valence-electron chi connectivity index (χ4n) is 5.31. The van der Waals surface area contributed by atoms with Gasteiger partial charge < -0.3 is 19.5 Å². The molecule has 238 valence electrons. The summed E-state index contributed by atoms with van der Waals surface area (Å²) in [6, 6.07) is 8.90. The molecule has 2 fully saturated rings. The molecule has 0 bridgehead atoms. The predicted molar refractivity (Wildman–Crippen MR) is 149 cm³/mol. The van der Waals surface area contributed by atoms with Gasteiger partial charge in [-0.2, -0.15) is 8.78 Å². The summed E-state index contributed by atoms with van der Waals surface area (Å²) in [5.74, 6) is -8.12. The molecule has 15 heteroatoms. The highest BCUT2D eigenvalue weighted by Gasteiger charge is 2.45. The number of carbonyl (C=O) groups is 3. The Bertz CT molecular complexity index is 1590. The number of ether oxygens (including phenoxy) is 3. The summed E-state index contributed by atoms with van der Waals surface area (Å²) >= 11 is 0. The molecule has 3 heterocycles. The van der Waals surface area contributed by atoms with Crippen LogP contribution < -0.4 is 24.6 Å². The number of alkyl halides is 2. The second-order valence-corrected chi connectivity index (χ2v) is 10.4. The number of anilines is 2. The normalized spacial score (nSPS) is 20.1. The van der Waals surface area contributed by atoms with Gasteiger partial charge in [0, 0.05) is 42.3 Å². The van der Waals surface area contributed by atoms with Gasteiger partial charge in [0.15, 0.2) is 11.6 Å². The summed E-state index contributed by atoms with van der Waals surface area (Å²) in [7, 11) is 1.22. The Labute approximate surface area is 253 Å². The number of hydrogen-bond donors (Lipinski definition) is 1. The number of morpholine rings is 1. The molecule has 2 aliphatic rings. The Morgan fingerprint density at radius 1 is 1.00 bits per heavy atom. The van der Waals surface area contributed by atoms with Crippen LogP contribution in [0.3, 0.4) is 0 Å². The molecule has 0 saturated carbocycles. The highest BCUT2D eigenvalue weighted by molar-refractivity contribution is 6.00. The van der Waals surface area contributed by atoms with Crippen molar-refractivity contribution in [3.05, 3.63) is 77.1 Å². The molecular formula is C30H27F5N4O6. The SMILES string of the molecule is COc1cc(F)c([C@@H]2CN(c3nc(N4CC(C)OCC4=O)ccc3F)C(=O)C2CNC(=O)c2ccc(OC(F)F)cc2)c(F)c1. The van der Waals surface area contributed by atoms with Crippen LogP contribution in [-0.2, 0) is 14.3 Å². The fourth-order valence-corrected chi connectivity index (χ4v) is 5.31. The number of benzene rings is 2. The number of nitrogens with one attached hydrogen (secondary N) is 1.